The fourth-order valence-electron chi connectivity index (χ4n) is 2.89. The van der Waals surface area contributed by atoms with E-state index >= 15 is 0 Å². The topological polar surface area (TPSA) is 77.1 Å². The van der Waals surface area contributed by atoms with Gasteiger partial charge in [-0.05, 0) is 46.1 Å². The summed E-state index contributed by atoms with van der Waals surface area (Å²) in [7, 11) is 0. The number of carbonyl (C=O) groups is 2. The van der Waals surface area contributed by atoms with Crippen molar-refractivity contribution in [3.8, 4) is 0 Å². The molecule has 1 heterocycles. The van der Waals surface area contributed by atoms with Crippen molar-refractivity contribution in [1.29, 1.82) is 0 Å². The molecule has 27 heavy (non-hydrogen) atoms. The van der Waals surface area contributed by atoms with Crippen molar-refractivity contribution < 1.29 is 23.9 Å². The van der Waals surface area contributed by atoms with Gasteiger partial charge in [-0.25, -0.2) is 9.59 Å². The Morgan fingerprint density at radius 1 is 1.19 bits per heavy atom. The SMILES string of the molecule is CCOC(=O)[C@@H]1CC[C@@H](NOCc2ccccc2)CN1C(=O)OC(C)(C)C. The summed E-state index contributed by atoms with van der Waals surface area (Å²) in [5.74, 6) is -0.396. The second kappa shape index (κ2) is 9.71. The molecule has 1 amide bonds. The van der Waals surface area contributed by atoms with Crippen molar-refractivity contribution in [2.45, 2.75) is 64.8 Å². The van der Waals surface area contributed by atoms with Gasteiger partial charge in [-0.1, -0.05) is 30.3 Å². The standard InChI is InChI=1S/C20H30N2O5/c1-5-25-18(23)17-12-11-16(13-22(17)19(24)27-20(2,3)4)21-26-14-15-9-7-6-8-10-15/h6-10,16-17,21H,5,11-14H2,1-4H3/t16-,17+/m1/s1. The Morgan fingerprint density at radius 3 is 2.52 bits per heavy atom. The number of hydroxylamine groups is 1. The fourth-order valence-corrected chi connectivity index (χ4v) is 2.89. The fraction of sp³-hybridized carbons (Fsp3) is 0.600. The molecule has 2 rings (SSSR count). The molecule has 1 fully saturated rings. The highest BCUT2D eigenvalue weighted by atomic mass is 16.6. The van der Waals surface area contributed by atoms with Crippen LogP contribution in [0.25, 0.3) is 0 Å². The first kappa shape index (κ1) is 21.2. The summed E-state index contributed by atoms with van der Waals surface area (Å²) < 4.78 is 10.6. The maximum Gasteiger partial charge on any atom is 0.411 e. The van der Waals surface area contributed by atoms with Gasteiger partial charge < -0.3 is 9.47 Å². The number of amides is 1. The summed E-state index contributed by atoms with van der Waals surface area (Å²) >= 11 is 0. The van der Waals surface area contributed by atoms with Crippen LogP contribution >= 0.6 is 0 Å². The summed E-state index contributed by atoms with van der Waals surface area (Å²) in [6.07, 6.45) is 0.664. The Bertz CT molecular complexity index is 615. The van der Waals surface area contributed by atoms with Crippen molar-refractivity contribution in [2.24, 2.45) is 0 Å². The maximum atomic E-state index is 12.6. The van der Waals surface area contributed by atoms with Crippen LogP contribution in [0.2, 0.25) is 0 Å². The molecule has 0 radical (unpaired) electrons. The van der Waals surface area contributed by atoms with E-state index in [1.165, 1.54) is 4.90 Å². The molecule has 1 aromatic carbocycles. The number of hydrogen-bond acceptors (Lipinski definition) is 6. The van der Waals surface area contributed by atoms with Crippen molar-refractivity contribution >= 4 is 12.1 Å². The molecule has 1 aliphatic heterocycles. The highest BCUT2D eigenvalue weighted by Gasteiger charge is 2.39. The summed E-state index contributed by atoms with van der Waals surface area (Å²) in [6, 6.07) is 9.09. The predicted octanol–water partition coefficient (Wildman–Crippen LogP) is 3.04. The normalized spacial score (nSPS) is 20.2. The molecule has 1 saturated heterocycles. The van der Waals surface area contributed by atoms with Crippen molar-refractivity contribution in [2.75, 3.05) is 13.2 Å². The summed E-state index contributed by atoms with van der Waals surface area (Å²) in [5.41, 5.74) is 3.42. The van der Waals surface area contributed by atoms with E-state index in [-0.39, 0.29) is 12.6 Å². The second-order valence-electron chi connectivity index (χ2n) is 7.57. The van der Waals surface area contributed by atoms with Crippen LogP contribution in [0.3, 0.4) is 0 Å². The average molecular weight is 378 g/mol. The summed E-state index contributed by atoms with van der Waals surface area (Å²) in [4.78, 5) is 31.9. The monoisotopic (exact) mass is 378 g/mol. The van der Waals surface area contributed by atoms with Gasteiger partial charge in [0.15, 0.2) is 0 Å². The average Bonchev–Trinajstić information content (AvgIpc) is 2.61. The van der Waals surface area contributed by atoms with Crippen molar-refractivity contribution in [3.63, 3.8) is 0 Å². The van der Waals surface area contributed by atoms with Gasteiger partial charge in [0, 0.05) is 6.54 Å². The molecule has 0 aromatic heterocycles. The van der Waals surface area contributed by atoms with Crippen LogP contribution < -0.4 is 5.48 Å². The number of benzene rings is 1. The third-order valence-corrected chi connectivity index (χ3v) is 4.10. The zero-order valence-electron chi connectivity index (χ0n) is 16.6. The van der Waals surface area contributed by atoms with Crippen LogP contribution in [0.15, 0.2) is 30.3 Å². The molecular weight excluding hydrogens is 348 g/mol. The minimum atomic E-state index is -0.638. The zero-order valence-corrected chi connectivity index (χ0v) is 16.6. The lowest BCUT2D eigenvalue weighted by molar-refractivity contribution is -0.151. The third kappa shape index (κ3) is 6.84. The van der Waals surface area contributed by atoms with Crippen molar-refractivity contribution in [3.05, 3.63) is 35.9 Å². The Balaban J connectivity index is 1.96. The number of carbonyl (C=O) groups excluding carboxylic acids is 2. The van der Waals surface area contributed by atoms with Crippen LogP contribution in [0.5, 0.6) is 0 Å². The molecule has 7 heteroatoms. The summed E-state index contributed by atoms with van der Waals surface area (Å²) in [5, 5.41) is 0. The van der Waals surface area contributed by atoms with Gasteiger partial charge in [0.2, 0.25) is 0 Å². The van der Waals surface area contributed by atoms with Crippen LogP contribution in [0.4, 0.5) is 4.79 Å². The molecule has 0 aliphatic carbocycles. The quantitative estimate of drug-likeness (QED) is 0.606. The van der Waals surface area contributed by atoms with Gasteiger partial charge in [0.1, 0.15) is 11.6 Å². The Labute approximate surface area is 160 Å². The minimum absolute atomic E-state index is 0.0908. The maximum absolute atomic E-state index is 12.6. The number of rotatable bonds is 6. The van der Waals surface area contributed by atoms with E-state index in [0.717, 1.165) is 5.56 Å². The Morgan fingerprint density at radius 2 is 1.89 bits per heavy atom. The van der Waals surface area contributed by atoms with E-state index in [1.807, 2.05) is 30.3 Å². The number of ether oxygens (including phenoxy) is 2. The molecule has 1 aromatic rings. The van der Waals surface area contributed by atoms with E-state index in [4.69, 9.17) is 14.3 Å². The molecule has 0 saturated carbocycles. The van der Waals surface area contributed by atoms with Gasteiger partial charge >= 0.3 is 12.1 Å². The van der Waals surface area contributed by atoms with E-state index in [1.54, 1.807) is 27.7 Å². The van der Waals surface area contributed by atoms with Crippen LogP contribution in [-0.4, -0.2) is 47.8 Å². The molecule has 150 valence electrons. The van der Waals surface area contributed by atoms with E-state index < -0.39 is 23.7 Å². The number of piperidine rings is 1. The lowest BCUT2D eigenvalue weighted by Crippen LogP contribution is -2.56. The number of nitrogens with zero attached hydrogens (tertiary/aromatic N) is 1. The predicted molar refractivity (Wildman–Crippen MR) is 101 cm³/mol. The molecule has 2 atom stereocenters. The Hall–Kier alpha value is -2.12. The largest absolute Gasteiger partial charge is 0.464 e. The second-order valence-corrected chi connectivity index (χ2v) is 7.57. The lowest BCUT2D eigenvalue weighted by Gasteiger charge is -2.38. The number of esters is 1. The highest BCUT2D eigenvalue weighted by Crippen LogP contribution is 2.22. The first-order valence-electron chi connectivity index (χ1n) is 9.37. The molecule has 0 spiro atoms. The van der Waals surface area contributed by atoms with Crippen LogP contribution in [0.1, 0.15) is 46.1 Å². The van der Waals surface area contributed by atoms with Crippen molar-refractivity contribution in [1.82, 2.24) is 10.4 Å². The van der Waals surface area contributed by atoms with E-state index in [2.05, 4.69) is 5.48 Å². The van der Waals surface area contributed by atoms with E-state index in [0.29, 0.717) is 26.0 Å². The van der Waals surface area contributed by atoms with Crippen LogP contribution in [0, 0.1) is 0 Å². The van der Waals surface area contributed by atoms with Gasteiger partial charge in [-0.15, -0.1) is 0 Å². The molecule has 0 unspecified atom stereocenters. The first-order chi connectivity index (χ1) is 12.8. The number of hydrogen-bond donors (Lipinski definition) is 1. The van der Waals surface area contributed by atoms with Gasteiger partial charge in [0.05, 0.1) is 19.3 Å². The molecular formula is C20H30N2O5. The van der Waals surface area contributed by atoms with Crippen LogP contribution in [-0.2, 0) is 25.7 Å². The van der Waals surface area contributed by atoms with Gasteiger partial charge in [0.25, 0.3) is 0 Å². The minimum Gasteiger partial charge on any atom is -0.464 e. The lowest BCUT2D eigenvalue weighted by atomic mass is 9.99. The number of nitrogens with one attached hydrogen (secondary N) is 1. The highest BCUT2D eigenvalue weighted by molar-refractivity contribution is 5.81. The summed E-state index contributed by atoms with van der Waals surface area (Å²) in [6.45, 7) is 8.16. The van der Waals surface area contributed by atoms with E-state index in [9.17, 15) is 9.59 Å². The number of likely N-dealkylation sites (tertiary alicyclic amines) is 1. The van der Waals surface area contributed by atoms with Gasteiger partial charge in [-0.2, -0.15) is 5.48 Å². The smallest absolute Gasteiger partial charge is 0.411 e. The zero-order chi connectivity index (χ0) is 19.9. The molecule has 0 bridgehead atoms. The Kier molecular flexibility index (Phi) is 7.62. The third-order valence-electron chi connectivity index (χ3n) is 4.10. The van der Waals surface area contributed by atoms with Gasteiger partial charge in [-0.3, -0.25) is 9.74 Å². The molecule has 7 nitrogen and oxygen atoms in total. The molecule has 1 N–H and O–H groups in total. The molecule has 1 aliphatic rings. The first-order valence-corrected chi connectivity index (χ1v) is 9.37.